The highest BCUT2D eigenvalue weighted by molar-refractivity contribution is 5.77. The maximum Gasteiger partial charge on any atom is 0.167 e. The van der Waals surface area contributed by atoms with Gasteiger partial charge in [-0.3, -0.25) is 4.40 Å². The molecule has 0 saturated carbocycles. The Bertz CT molecular complexity index is 871. The lowest BCUT2D eigenvalue weighted by Gasteiger charge is -2.06. The number of rotatable bonds is 1. The van der Waals surface area contributed by atoms with Crippen molar-refractivity contribution in [1.29, 1.82) is 0 Å². The lowest BCUT2D eigenvalue weighted by molar-refractivity contribution is 0.888. The fourth-order valence-electron chi connectivity index (χ4n) is 2.49. The summed E-state index contributed by atoms with van der Waals surface area (Å²) in [6.07, 6.45) is 3.86. The molecule has 4 nitrogen and oxygen atoms in total. The third-order valence-corrected chi connectivity index (χ3v) is 3.36. The molecule has 0 N–H and O–H groups in total. The molecule has 0 atom stereocenters. The third kappa shape index (κ3) is 1.40. The standard InChI is InChI=1S/C15H12N4/c1-11-14-8-5-9-18(14)15-13(17-11)10-16-19(15)12-6-3-2-4-7-12/h2-10H,1H3. The molecule has 0 spiro atoms. The molecule has 3 aromatic heterocycles. The molecule has 0 unspecified atom stereocenters. The molecule has 4 heteroatoms. The van der Waals surface area contributed by atoms with Crippen LogP contribution in [0.1, 0.15) is 5.69 Å². The average molecular weight is 248 g/mol. The highest BCUT2D eigenvalue weighted by Gasteiger charge is 2.11. The van der Waals surface area contributed by atoms with Crippen molar-refractivity contribution < 1.29 is 0 Å². The number of benzene rings is 1. The lowest BCUT2D eigenvalue weighted by atomic mass is 10.3. The maximum absolute atomic E-state index is 4.62. The van der Waals surface area contributed by atoms with Gasteiger partial charge in [0.1, 0.15) is 5.52 Å². The topological polar surface area (TPSA) is 35.1 Å². The number of hydrogen-bond donors (Lipinski definition) is 0. The molecule has 0 aliphatic carbocycles. The number of para-hydroxylation sites is 1. The fraction of sp³-hybridized carbons (Fsp3) is 0.0667. The van der Waals surface area contributed by atoms with Crippen LogP contribution in [0.15, 0.2) is 54.9 Å². The summed E-state index contributed by atoms with van der Waals surface area (Å²) >= 11 is 0. The summed E-state index contributed by atoms with van der Waals surface area (Å²) in [6, 6.07) is 14.2. The minimum atomic E-state index is 0.907. The zero-order chi connectivity index (χ0) is 12.8. The van der Waals surface area contributed by atoms with Crippen LogP contribution in [0.5, 0.6) is 0 Å². The molecule has 0 radical (unpaired) electrons. The molecule has 0 aliphatic heterocycles. The summed E-state index contributed by atoms with van der Waals surface area (Å²) in [7, 11) is 0. The summed E-state index contributed by atoms with van der Waals surface area (Å²) < 4.78 is 4.06. The Morgan fingerprint density at radius 3 is 2.68 bits per heavy atom. The predicted octanol–water partition coefficient (Wildman–Crippen LogP) is 2.98. The Kier molecular flexibility index (Phi) is 2.00. The van der Waals surface area contributed by atoms with Crippen LogP contribution in [0, 0.1) is 6.92 Å². The van der Waals surface area contributed by atoms with Gasteiger partial charge in [0.05, 0.1) is 23.1 Å². The second-order valence-electron chi connectivity index (χ2n) is 4.56. The molecule has 0 saturated heterocycles. The smallest absolute Gasteiger partial charge is 0.167 e. The number of aromatic nitrogens is 4. The third-order valence-electron chi connectivity index (χ3n) is 3.36. The van der Waals surface area contributed by atoms with Crippen molar-refractivity contribution in [2.75, 3.05) is 0 Å². The summed E-state index contributed by atoms with van der Waals surface area (Å²) in [5.41, 5.74) is 5.08. The van der Waals surface area contributed by atoms with E-state index < -0.39 is 0 Å². The van der Waals surface area contributed by atoms with Gasteiger partial charge in [-0.15, -0.1) is 0 Å². The predicted molar refractivity (Wildman–Crippen MR) is 74.6 cm³/mol. The van der Waals surface area contributed by atoms with Gasteiger partial charge >= 0.3 is 0 Å². The van der Waals surface area contributed by atoms with Crippen LogP contribution >= 0.6 is 0 Å². The van der Waals surface area contributed by atoms with Gasteiger partial charge in [0, 0.05) is 6.20 Å². The first-order valence-electron chi connectivity index (χ1n) is 6.21. The highest BCUT2D eigenvalue weighted by Crippen LogP contribution is 2.20. The Hall–Kier alpha value is -2.62. The van der Waals surface area contributed by atoms with E-state index in [0.29, 0.717) is 0 Å². The summed E-state index contributed by atoms with van der Waals surface area (Å²) in [6.45, 7) is 2.02. The molecular weight excluding hydrogens is 236 g/mol. The zero-order valence-electron chi connectivity index (χ0n) is 10.5. The summed E-state index contributed by atoms with van der Waals surface area (Å²) in [5, 5.41) is 4.47. The van der Waals surface area contributed by atoms with Crippen LogP contribution in [0.3, 0.4) is 0 Å². The lowest BCUT2D eigenvalue weighted by Crippen LogP contribution is -2.01. The first-order chi connectivity index (χ1) is 9.34. The Balaban J connectivity index is 2.16. The normalized spacial score (nSPS) is 11.4. The van der Waals surface area contributed by atoms with Gasteiger partial charge in [-0.1, -0.05) is 18.2 Å². The molecular formula is C15H12N4. The van der Waals surface area contributed by atoms with E-state index in [1.165, 1.54) is 0 Å². The van der Waals surface area contributed by atoms with E-state index in [0.717, 1.165) is 28.1 Å². The highest BCUT2D eigenvalue weighted by atomic mass is 15.3. The number of aryl methyl sites for hydroxylation is 1. The van der Waals surface area contributed by atoms with Gasteiger partial charge in [0.2, 0.25) is 0 Å². The Morgan fingerprint density at radius 1 is 1.00 bits per heavy atom. The van der Waals surface area contributed by atoms with Crippen molar-refractivity contribution in [1.82, 2.24) is 19.2 Å². The number of hydrogen-bond acceptors (Lipinski definition) is 2. The van der Waals surface area contributed by atoms with E-state index in [2.05, 4.69) is 20.5 Å². The molecule has 4 aromatic rings. The SMILES string of the molecule is Cc1nc2cnn(-c3ccccc3)c2n2cccc12. The van der Waals surface area contributed by atoms with Crippen LogP contribution in [0.4, 0.5) is 0 Å². The van der Waals surface area contributed by atoms with Gasteiger partial charge in [-0.2, -0.15) is 5.10 Å². The molecule has 3 heterocycles. The average Bonchev–Trinajstić information content (AvgIpc) is 3.05. The second-order valence-corrected chi connectivity index (χ2v) is 4.56. The van der Waals surface area contributed by atoms with Crippen LogP contribution in [0.25, 0.3) is 22.4 Å². The van der Waals surface area contributed by atoms with Crippen LogP contribution in [0.2, 0.25) is 0 Å². The van der Waals surface area contributed by atoms with Crippen molar-refractivity contribution in [3.05, 3.63) is 60.6 Å². The van der Waals surface area contributed by atoms with Gasteiger partial charge in [-0.05, 0) is 31.2 Å². The first-order valence-corrected chi connectivity index (χ1v) is 6.21. The minimum Gasteiger partial charge on any atom is -0.298 e. The van der Waals surface area contributed by atoms with E-state index in [9.17, 15) is 0 Å². The van der Waals surface area contributed by atoms with Gasteiger partial charge in [0.15, 0.2) is 5.65 Å². The van der Waals surface area contributed by atoms with E-state index in [1.807, 2.05) is 60.4 Å². The first kappa shape index (κ1) is 10.3. The van der Waals surface area contributed by atoms with Crippen molar-refractivity contribution in [3.8, 4) is 5.69 Å². The van der Waals surface area contributed by atoms with Crippen LogP contribution in [-0.2, 0) is 0 Å². The number of nitrogens with zero attached hydrogens (tertiary/aromatic N) is 4. The van der Waals surface area contributed by atoms with E-state index in [4.69, 9.17) is 0 Å². The van der Waals surface area contributed by atoms with E-state index in [-0.39, 0.29) is 0 Å². The molecule has 1 aromatic carbocycles. The summed E-state index contributed by atoms with van der Waals surface area (Å²) in [4.78, 5) is 4.62. The molecule has 0 fully saturated rings. The minimum absolute atomic E-state index is 0.907. The van der Waals surface area contributed by atoms with Gasteiger partial charge in [0.25, 0.3) is 0 Å². The largest absolute Gasteiger partial charge is 0.298 e. The molecule has 0 bridgehead atoms. The van der Waals surface area contributed by atoms with Crippen molar-refractivity contribution in [3.63, 3.8) is 0 Å². The molecule has 4 rings (SSSR count). The van der Waals surface area contributed by atoms with Crippen LogP contribution in [-0.4, -0.2) is 19.2 Å². The number of fused-ring (bicyclic) bond motifs is 3. The molecule has 0 aliphatic rings. The van der Waals surface area contributed by atoms with Crippen molar-refractivity contribution >= 4 is 16.7 Å². The quantitative estimate of drug-likeness (QED) is 0.519. The maximum atomic E-state index is 4.62. The van der Waals surface area contributed by atoms with Crippen LogP contribution < -0.4 is 0 Å². The molecule has 0 amide bonds. The fourth-order valence-corrected chi connectivity index (χ4v) is 2.49. The second kappa shape index (κ2) is 3.68. The Morgan fingerprint density at radius 2 is 1.84 bits per heavy atom. The Labute approximate surface area is 109 Å². The van der Waals surface area contributed by atoms with Gasteiger partial charge < -0.3 is 0 Å². The summed E-state index contributed by atoms with van der Waals surface area (Å²) in [5.74, 6) is 0. The zero-order valence-corrected chi connectivity index (χ0v) is 10.5. The molecule has 92 valence electrons. The molecule has 19 heavy (non-hydrogen) atoms. The van der Waals surface area contributed by atoms with E-state index >= 15 is 0 Å². The van der Waals surface area contributed by atoms with E-state index in [1.54, 1.807) is 0 Å². The van der Waals surface area contributed by atoms with Crippen molar-refractivity contribution in [2.24, 2.45) is 0 Å². The monoisotopic (exact) mass is 248 g/mol. The van der Waals surface area contributed by atoms with Crippen molar-refractivity contribution in [2.45, 2.75) is 6.92 Å². The van der Waals surface area contributed by atoms with Gasteiger partial charge in [-0.25, -0.2) is 9.67 Å².